The first-order valence-corrected chi connectivity index (χ1v) is 8.18. The molecular formula is C12H22N4O3S. The van der Waals surface area contributed by atoms with Gasteiger partial charge in [-0.3, -0.25) is 0 Å². The van der Waals surface area contributed by atoms with Gasteiger partial charge >= 0.3 is 0 Å². The first kappa shape index (κ1) is 15.4. The Balaban J connectivity index is 2.18. The van der Waals surface area contributed by atoms with E-state index in [1.165, 1.54) is 4.31 Å². The van der Waals surface area contributed by atoms with Gasteiger partial charge in [-0.1, -0.05) is 13.8 Å². The van der Waals surface area contributed by atoms with E-state index in [0.717, 1.165) is 5.82 Å². The number of nitrogens with one attached hydrogen (secondary N) is 1. The van der Waals surface area contributed by atoms with Gasteiger partial charge < -0.3 is 9.30 Å². The number of aromatic nitrogens is 2. The third-order valence-electron chi connectivity index (χ3n) is 3.39. The second-order valence-electron chi connectivity index (χ2n) is 5.25. The van der Waals surface area contributed by atoms with Crippen LogP contribution in [0.1, 0.15) is 25.7 Å². The molecule has 1 atom stereocenters. The zero-order valence-corrected chi connectivity index (χ0v) is 12.9. The lowest BCUT2D eigenvalue weighted by atomic mass is 10.1. The fourth-order valence-corrected chi connectivity index (χ4v) is 3.66. The molecule has 0 spiro atoms. The Hall–Kier alpha value is -0.960. The molecule has 8 heteroatoms. The van der Waals surface area contributed by atoms with Crippen LogP contribution in [0.15, 0.2) is 12.4 Å². The average Bonchev–Trinajstić information content (AvgIpc) is 2.83. The third kappa shape index (κ3) is 3.38. The molecule has 0 saturated carbocycles. The van der Waals surface area contributed by atoms with Crippen molar-refractivity contribution in [1.29, 1.82) is 0 Å². The van der Waals surface area contributed by atoms with Gasteiger partial charge in [-0.05, 0) is 5.92 Å². The molecule has 0 aliphatic carbocycles. The summed E-state index contributed by atoms with van der Waals surface area (Å²) >= 11 is 0. The van der Waals surface area contributed by atoms with Gasteiger partial charge in [-0.2, -0.15) is 17.4 Å². The van der Waals surface area contributed by atoms with Crippen LogP contribution in [0.2, 0.25) is 0 Å². The monoisotopic (exact) mass is 302 g/mol. The van der Waals surface area contributed by atoms with Crippen molar-refractivity contribution in [2.24, 2.45) is 13.0 Å². The number of aryl methyl sites for hydroxylation is 1. The van der Waals surface area contributed by atoms with E-state index in [4.69, 9.17) is 4.74 Å². The second-order valence-corrected chi connectivity index (χ2v) is 6.95. The van der Waals surface area contributed by atoms with E-state index >= 15 is 0 Å². The van der Waals surface area contributed by atoms with Crippen LogP contribution in [-0.4, -0.2) is 48.6 Å². The van der Waals surface area contributed by atoms with Crippen molar-refractivity contribution < 1.29 is 13.2 Å². The van der Waals surface area contributed by atoms with Gasteiger partial charge in [0, 0.05) is 32.5 Å². The Morgan fingerprint density at radius 1 is 1.35 bits per heavy atom. The molecule has 0 unspecified atom stereocenters. The molecular weight excluding hydrogens is 280 g/mol. The number of imidazole rings is 1. The number of nitrogens with zero attached hydrogens (tertiary/aromatic N) is 3. The molecule has 114 valence electrons. The Morgan fingerprint density at radius 2 is 2.00 bits per heavy atom. The Bertz CT molecular complexity index is 535. The normalized spacial score (nSPS) is 19.4. The van der Waals surface area contributed by atoms with Crippen molar-refractivity contribution in [2.75, 3.05) is 26.3 Å². The van der Waals surface area contributed by atoms with Crippen molar-refractivity contribution in [3.05, 3.63) is 18.2 Å². The first-order chi connectivity index (χ1) is 9.42. The molecule has 1 aliphatic heterocycles. The lowest BCUT2D eigenvalue weighted by Crippen LogP contribution is -2.48. The van der Waals surface area contributed by atoms with Crippen LogP contribution < -0.4 is 4.72 Å². The van der Waals surface area contributed by atoms with E-state index in [-0.39, 0.29) is 12.0 Å². The van der Waals surface area contributed by atoms with Crippen molar-refractivity contribution in [2.45, 2.75) is 19.9 Å². The minimum absolute atomic E-state index is 0.104. The van der Waals surface area contributed by atoms with Gasteiger partial charge in [0.1, 0.15) is 5.82 Å². The highest BCUT2D eigenvalue weighted by Crippen LogP contribution is 2.21. The summed E-state index contributed by atoms with van der Waals surface area (Å²) in [6, 6.07) is -0.345. The van der Waals surface area contributed by atoms with Crippen molar-refractivity contribution in [1.82, 2.24) is 18.6 Å². The molecule has 0 bridgehead atoms. The quantitative estimate of drug-likeness (QED) is 0.848. The molecule has 7 nitrogen and oxygen atoms in total. The number of hydrogen-bond donors (Lipinski definition) is 1. The lowest BCUT2D eigenvalue weighted by Gasteiger charge is -2.29. The number of hydrogen-bond acceptors (Lipinski definition) is 4. The molecule has 1 aliphatic rings. The SMILES string of the molecule is CC(C)[C@H](NS(=O)(=O)N1CCOCC1)c1nccn1C. The Labute approximate surface area is 120 Å². The van der Waals surface area contributed by atoms with E-state index in [0.29, 0.717) is 26.3 Å². The average molecular weight is 302 g/mol. The maximum Gasteiger partial charge on any atom is 0.280 e. The topological polar surface area (TPSA) is 76.5 Å². The highest BCUT2D eigenvalue weighted by Gasteiger charge is 2.30. The van der Waals surface area contributed by atoms with Crippen LogP contribution in [-0.2, 0) is 22.0 Å². The number of ether oxygens (including phenoxy) is 1. The maximum atomic E-state index is 12.4. The van der Waals surface area contributed by atoms with Crippen molar-refractivity contribution in [3.8, 4) is 0 Å². The predicted octanol–water partition coefficient (Wildman–Crippen LogP) is 0.284. The largest absolute Gasteiger partial charge is 0.379 e. The summed E-state index contributed by atoms with van der Waals surface area (Å²) in [5.41, 5.74) is 0. The van der Waals surface area contributed by atoms with E-state index in [2.05, 4.69) is 9.71 Å². The van der Waals surface area contributed by atoms with Gasteiger partial charge in [0.05, 0.1) is 19.3 Å². The smallest absolute Gasteiger partial charge is 0.280 e. The van der Waals surface area contributed by atoms with Crippen LogP contribution in [0, 0.1) is 5.92 Å². The van der Waals surface area contributed by atoms with Gasteiger partial charge in [0.25, 0.3) is 10.2 Å². The van der Waals surface area contributed by atoms with Crippen LogP contribution in [0.25, 0.3) is 0 Å². The summed E-state index contributed by atoms with van der Waals surface area (Å²) in [6.07, 6.45) is 3.49. The highest BCUT2D eigenvalue weighted by atomic mass is 32.2. The summed E-state index contributed by atoms with van der Waals surface area (Å²) in [6.45, 7) is 5.61. The van der Waals surface area contributed by atoms with E-state index in [1.54, 1.807) is 6.20 Å². The summed E-state index contributed by atoms with van der Waals surface area (Å²) in [4.78, 5) is 4.26. The standard InChI is InChI=1S/C12H22N4O3S/c1-10(2)11(12-13-4-5-15(12)3)14-20(17,18)16-6-8-19-9-7-16/h4-5,10-11,14H,6-9H2,1-3H3/t11-/m0/s1. The number of morpholine rings is 1. The Kier molecular flexibility index (Phi) is 4.79. The van der Waals surface area contributed by atoms with E-state index < -0.39 is 10.2 Å². The maximum absolute atomic E-state index is 12.4. The molecule has 0 aromatic carbocycles. The van der Waals surface area contributed by atoms with Crippen LogP contribution >= 0.6 is 0 Å². The zero-order valence-electron chi connectivity index (χ0n) is 12.1. The molecule has 1 N–H and O–H groups in total. The van der Waals surface area contributed by atoms with Gasteiger partial charge in [-0.15, -0.1) is 0 Å². The van der Waals surface area contributed by atoms with Crippen LogP contribution in [0.4, 0.5) is 0 Å². The summed E-state index contributed by atoms with van der Waals surface area (Å²) < 4.78 is 36.1. The van der Waals surface area contributed by atoms with Crippen LogP contribution in [0.3, 0.4) is 0 Å². The second kappa shape index (κ2) is 6.21. The minimum atomic E-state index is -3.52. The molecule has 1 fully saturated rings. The molecule has 2 heterocycles. The van der Waals surface area contributed by atoms with Gasteiger partial charge in [-0.25, -0.2) is 4.98 Å². The molecule has 0 radical (unpaired) electrons. The van der Waals surface area contributed by atoms with Crippen LogP contribution in [0.5, 0.6) is 0 Å². The minimum Gasteiger partial charge on any atom is -0.379 e. The predicted molar refractivity (Wildman–Crippen MR) is 75.2 cm³/mol. The number of rotatable bonds is 5. The molecule has 1 aromatic heterocycles. The van der Waals surface area contributed by atoms with Gasteiger partial charge in [0.15, 0.2) is 0 Å². The van der Waals surface area contributed by atoms with E-state index in [9.17, 15) is 8.42 Å². The van der Waals surface area contributed by atoms with Gasteiger partial charge in [0.2, 0.25) is 0 Å². The highest BCUT2D eigenvalue weighted by molar-refractivity contribution is 7.87. The Morgan fingerprint density at radius 3 is 2.50 bits per heavy atom. The van der Waals surface area contributed by atoms with Crippen molar-refractivity contribution >= 4 is 10.2 Å². The molecule has 20 heavy (non-hydrogen) atoms. The summed E-state index contributed by atoms with van der Waals surface area (Å²) in [5, 5.41) is 0. The molecule has 2 rings (SSSR count). The first-order valence-electron chi connectivity index (χ1n) is 6.74. The third-order valence-corrected chi connectivity index (χ3v) is 4.99. The fourth-order valence-electron chi connectivity index (χ4n) is 2.19. The van der Waals surface area contributed by atoms with Crippen molar-refractivity contribution in [3.63, 3.8) is 0 Å². The van der Waals surface area contributed by atoms with E-state index in [1.807, 2.05) is 31.7 Å². The zero-order chi connectivity index (χ0) is 14.8. The summed E-state index contributed by atoms with van der Waals surface area (Å²) in [5.74, 6) is 0.823. The lowest BCUT2D eigenvalue weighted by molar-refractivity contribution is 0.0721. The molecule has 0 amide bonds. The fraction of sp³-hybridized carbons (Fsp3) is 0.750. The summed E-state index contributed by atoms with van der Waals surface area (Å²) in [7, 11) is -1.66. The molecule has 1 saturated heterocycles. The molecule has 1 aromatic rings.